The lowest BCUT2D eigenvalue weighted by Crippen LogP contribution is -2.33. The SMILES string of the molecule is CCOc1ccccc1NC(=O)CNC(=O)Cc1ccc(F)cc1. The second-order valence-electron chi connectivity index (χ2n) is 5.06. The number of hydrogen-bond donors (Lipinski definition) is 2. The number of halogens is 1. The van der Waals surface area contributed by atoms with Gasteiger partial charge in [0.1, 0.15) is 11.6 Å². The predicted molar refractivity (Wildman–Crippen MR) is 89.4 cm³/mol. The maximum atomic E-state index is 12.8. The molecule has 0 saturated carbocycles. The van der Waals surface area contributed by atoms with Gasteiger partial charge in [-0.15, -0.1) is 0 Å². The predicted octanol–water partition coefficient (Wildman–Crippen LogP) is 2.52. The van der Waals surface area contributed by atoms with Gasteiger partial charge >= 0.3 is 0 Å². The number of carbonyl (C=O) groups is 2. The standard InChI is InChI=1S/C18H19FN2O3/c1-2-24-16-6-4-3-5-15(16)21-18(23)12-20-17(22)11-13-7-9-14(19)10-8-13/h3-10H,2,11-12H2,1H3,(H,20,22)(H,21,23). The molecule has 2 aromatic carbocycles. The normalized spacial score (nSPS) is 10.1. The zero-order valence-electron chi connectivity index (χ0n) is 13.3. The molecule has 0 unspecified atom stereocenters. The number of rotatable bonds is 7. The fraction of sp³-hybridized carbons (Fsp3) is 0.222. The van der Waals surface area contributed by atoms with E-state index in [9.17, 15) is 14.0 Å². The topological polar surface area (TPSA) is 67.4 Å². The van der Waals surface area contributed by atoms with Crippen molar-refractivity contribution < 1.29 is 18.7 Å². The zero-order chi connectivity index (χ0) is 17.4. The van der Waals surface area contributed by atoms with Crippen LogP contribution in [0.25, 0.3) is 0 Å². The minimum absolute atomic E-state index is 0.0864. The molecule has 0 aromatic heterocycles. The van der Waals surface area contributed by atoms with Crippen LogP contribution in [0.4, 0.5) is 10.1 Å². The van der Waals surface area contributed by atoms with E-state index >= 15 is 0 Å². The first-order chi connectivity index (χ1) is 11.6. The summed E-state index contributed by atoms with van der Waals surface area (Å²) in [6.45, 7) is 2.19. The third-order valence-corrected chi connectivity index (χ3v) is 3.19. The minimum Gasteiger partial charge on any atom is -0.492 e. The van der Waals surface area contributed by atoms with E-state index in [4.69, 9.17) is 4.74 Å². The van der Waals surface area contributed by atoms with Crippen molar-refractivity contribution in [2.45, 2.75) is 13.3 Å². The van der Waals surface area contributed by atoms with Crippen molar-refractivity contribution in [3.8, 4) is 5.75 Å². The first kappa shape index (κ1) is 17.5. The third-order valence-electron chi connectivity index (χ3n) is 3.19. The maximum Gasteiger partial charge on any atom is 0.243 e. The Morgan fingerprint density at radius 2 is 1.75 bits per heavy atom. The minimum atomic E-state index is -0.355. The van der Waals surface area contributed by atoms with E-state index in [2.05, 4.69) is 10.6 Å². The molecular formula is C18H19FN2O3. The van der Waals surface area contributed by atoms with E-state index in [0.717, 1.165) is 0 Å². The number of anilines is 1. The molecule has 24 heavy (non-hydrogen) atoms. The third kappa shape index (κ3) is 5.39. The first-order valence-electron chi connectivity index (χ1n) is 7.61. The Labute approximate surface area is 139 Å². The maximum absolute atomic E-state index is 12.8. The highest BCUT2D eigenvalue weighted by atomic mass is 19.1. The molecule has 2 aromatic rings. The molecule has 6 heteroatoms. The Morgan fingerprint density at radius 1 is 1.04 bits per heavy atom. The molecule has 0 radical (unpaired) electrons. The summed E-state index contributed by atoms with van der Waals surface area (Å²) >= 11 is 0. The van der Waals surface area contributed by atoms with Crippen LogP contribution in [-0.2, 0) is 16.0 Å². The van der Waals surface area contributed by atoms with Crippen LogP contribution in [0.5, 0.6) is 5.75 Å². The van der Waals surface area contributed by atoms with Crippen LogP contribution in [0, 0.1) is 5.82 Å². The summed E-state index contributed by atoms with van der Waals surface area (Å²) in [5.41, 5.74) is 1.23. The second kappa shape index (κ2) is 8.67. The second-order valence-corrected chi connectivity index (χ2v) is 5.06. The van der Waals surface area contributed by atoms with Crippen molar-refractivity contribution in [1.82, 2.24) is 5.32 Å². The highest BCUT2D eigenvalue weighted by Gasteiger charge is 2.09. The molecule has 0 bridgehead atoms. The summed E-state index contributed by atoms with van der Waals surface area (Å²) in [5.74, 6) is -0.443. The van der Waals surface area contributed by atoms with Gasteiger partial charge in [0.15, 0.2) is 0 Å². The van der Waals surface area contributed by atoms with Gasteiger partial charge in [-0.1, -0.05) is 24.3 Å². The lowest BCUT2D eigenvalue weighted by atomic mass is 10.1. The summed E-state index contributed by atoms with van der Waals surface area (Å²) in [7, 11) is 0. The summed E-state index contributed by atoms with van der Waals surface area (Å²) < 4.78 is 18.2. The summed E-state index contributed by atoms with van der Waals surface area (Å²) in [5, 5.41) is 5.23. The van der Waals surface area contributed by atoms with Crippen LogP contribution in [0.2, 0.25) is 0 Å². The van der Waals surface area contributed by atoms with E-state index < -0.39 is 0 Å². The van der Waals surface area contributed by atoms with E-state index in [0.29, 0.717) is 23.6 Å². The quantitative estimate of drug-likeness (QED) is 0.820. The highest BCUT2D eigenvalue weighted by Crippen LogP contribution is 2.23. The molecule has 0 atom stereocenters. The molecule has 126 valence electrons. The van der Waals surface area contributed by atoms with Gasteiger partial charge in [-0.05, 0) is 36.8 Å². The molecule has 0 fully saturated rings. The van der Waals surface area contributed by atoms with Gasteiger partial charge in [0, 0.05) is 0 Å². The van der Waals surface area contributed by atoms with Crippen molar-refractivity contribution in [3.63, 3.8) is 0 Å². The van der Waals surface area contributed by atoms with Crippen molar-refractivity contribution in [2.24, 2.45) is 0 Å². The van der Waals surface area contributed by atoms with Crippen molar-refractivity contribution in [1.29, 1.82) is 0 Å². The van der Waals surface area contributed by atoms with Gasteiger partial charge in [0.05, 0.1) is 25.3 Å². The van der Waals surface area contributed by atoms with Gasteiger partial charge in [-0.25, -0.2) is 4.39 Å². The summed E-state index contributed by atoms with van der Waals surface area (Å²) in [4.78, 5) is 23.8. The number of amides is 2. The molecular weight excluding hydrogens is 311 g/mol. The lowest BCUT2D eigenvalue weighted by molar-refractivity contribution is -0.123. The van der Waals surface area contributed by atoms with Gasteiger partial charge < -0.3 is 15.4 Å². The molecule has 0 aliphatic carbocycles. The van der Waals surface area contributed by atoms with Gasteiger partial charge in [-0.3, -0.25) is 9.59 Å². The summed E-state index contributed by atoms with van der Waals surface area (Å²) in [6, 6.07) is 12.7. The van der Waals surface area contributed by atoms with Crippen molar-refractivity contribution in [2.75, 3.05) is 18.5 Å². The average Bonchev–Trinajstić information content (AvgIpc) is 2.57. The Kier molecular flexibility index (Phi) is 6.31. The van der Waals surface area contributed by atoms with Crippen LogP contribution < -0.4 is 15.4 Å². The molecule has 2 amide bonds. The molecule has 2 N–H and O–H groups in total. The van der Waals surface area contributed by atoms with Crippen LogP contribution in [-0.4, -0.2) is 25.0 Å². The van der Waals surface area contributed by atoms with E-state index in [1.54, 1.807) is 18.2 Å². The van der Waals surface area contributed by atoms with E-state index in [1.165, 1.54) is 24.3 Å². The molecule has 0 aliphatic heterocycles. The largest absolute Gasteiger partial charge is 0.492 e. The van der Waals surface area contributed by atoms with Crippen LogP contribution in [0.15, 0.2) is 48.5 Å². The number of hydrogen-bond acceptors (Lipinski definition) is 3. The fourth-order valence-corrected chi connectivity index (χ4v) is 2.07. The molecule has 0 saturated heterocycles. The number of para-hydroxylation sites is 2. The van der Waals surface area contributed by atoms with Crippen LogP contribution in [0.3, 0.4) is 0 Å². The van der Waals surface area contributed by atoms with Crippen molar-refractivity contribution in [3.05, 3.63) is 59.9 Å². The van der Waals surface area contributed by atoms with Crippen LogP contribution >= 0.6 is 0 Å². The van der Waals surface area contributed by atoms with Gasteiger partial charge in [0.25, 0.3) is 0 Å². The molecule has 0 aliphatic rings. The average molecular weight is 330 g/mol. The highest BCUT2D eigenvalue weighted by molar-refractivity contribution is 5.95. The Morgan fingerprint density at radius 3 is 2.46 bits per heavy atom. The lowest BCUT2D eigenvalue weighted by Gasteiger charge is -2.11. The van der Waals surface area contributed by atoms with Crippen LogP contribution in [0.1, 0.15) is 12.5 Å². The molecule has 2 rings (SSSR count). The number of benzene rings is 2. The Hall–Kier alpha value is -2.89. The van der Waals surface area contributed by atoms with Gasteiger partial charge in [0.2, 0.25) is 11.8 Å². The zero-order valence-corrected chi connectivity index (χ0v) is 13.3. The fourth-order valence-electron chi connectivity index (χ4n) is 2.07. The number of nitrogens with one attached hydrogen (secondary N) is 2. The molecule has 0 heterocycles. The number of ether oxygens (including phenoxy) is 1. The Balaban J connectivity index is 1.82. The Bertz CT molecular complexity index is 702. The summed E-state index contributed by atoms with van der Waals surface area (Å²) in [6.07, 6.45) is 0.0864. The number of carbonyl (C=O) groups excluding carboxylic acids is 2. The molecule has 0 spiro atoms. The monoisotopic (exact) mass is 330 g/mol. The smallest absolute Gasteiger partial charge is 0.243 e. The van der Waals surface area contributed by atoms with Gasteiger partial charge in [-0.2, -0.15) is 0 Å². The molecule has 5 nitrogen and oxygen atoms in total. The van der Waals surface area contributed by atoms with Crippen molar-refractivity contribution >= 4 is 17.5 Å². The van der Waals surface area contributed by atoms with E-state index in [1.807, 2.05) is 13.0 Å². The van der Waals surface area contributed by atoms with E-state index in [-0.39, 0.29) is 30.6 Å². The first-order valence-corrected chi connectivity index (χ1v) is 7.61.